The summed E-state index contributed by atoms with van der Waals surface area (Å²) in [5.41, 5.74) is 2.93. The van der Waals surface area contributed by atoms with Gasteiger partial charge in [0.15, 0.2) is 0 Å². The van der Waals surface area contributed by atoms with Crippen molar-refractivity contribution in [2.45, 2.75) is 39.7 Å². The summed E-state index contributed by atoms with van der Waals surface area (Å²) in [5, 5.41) is 3.45. The first kappa shape index (κ1) is 14.5. The third kappa shape index (κ3) is 3.58. The molecule has 2 atom stereocenters. The molecule has 2 nitrogen and oxygen atoms in total. The Kier molecular flexibility index (Phi) is 5.41. The fourth-order valence-corrected chi connectivity index (χ4v) is 3.03. The Morgan fingerprint density at radius 1 is 1.11 bits per heavy atom. The van der Waals surface area contributed by atoms with Gasteiger partial charge >= 0.3 is 0 Å². The zero-order valence-electron chi connectivity index (χ0n) is 12.7. The molecule has 1 fully saturated rings. The first-order chi connectivity index (χ1) is 9.26. The maximum Gasteiger partial charge on any atom is 0.0374 e. The van der Waals surface area contributed by atoms with Crippen LogP contribution < -0.4 is 5.32 Å². The molecule has 1 aliphatic rings. The third-order valence-corrected chi connectivity index (χ3v) is 4.46. The smallest absolute Gasteiger partial charge is 0.0374 e. The zero-order chi connectivity index (χ0) is 13.7. The Morgan fingerprint density at radius 3 is 2.26 bits per heavy atom. The number of hydrogen-bond acceptors (Lipinski definition) is 2. The number of piperazine rings is 1. The average molecular weight is 260 g/mol. The van der Waals surface area contributed by atoms with Gasteiger partial charge in [0, 0.05) is 32.2 Å². The van der Waals surface area contributed by atoms with Crippen LogP contribution in [0.15, 0.2) is 24.3 Å². The molecule has 106 valence electrons. The van der Waals surface area contributed by atoms with Gasteiger partial charge in [-0.2, -0.15) is 0 Å². The number of rotatable bonds is 5. The first-order valence-corrected chi connectivity index (χ1v) is 7.79. The predicted octanol–water partition coefficient (Wildman–Crippen LogP) is 3.24. The molecule has 1 aromatic carbocycles. The zero-order valence-corrected chi connectivity index (χ0v) is 12.7. The minimum atomic E-state index is 0.581. The van der Waals surface area contributed by atoms with Crippen LogP contribution in [0, 0.1) is 5.92 Å². The maximum absolute atomic E-state index is 3.45. The van der Waals surface area contributed by atoms with Crippen molar-refractivity contribution in [1.29, 1.82) is 0 Å². The van der Waals surface area contributed by atoms with E-state index in [9.17, 15) is 0 Å². The number of hydrogen-bond donors (Lipinski definition) is 1. The second-order valence-corrected chi connectivity index (χ2v) is 5.71. The first-order valence-electron chi connectivity index (χ1n) is 7.79. The van der Waals surface area contributed by atoms with Crippen molar-refractivity contribution in [3.8, 4) is 0 Å². The van der Waals surface area contributed by atoms with Crippen LogP contribution in [0.5, 0.6) is 0 Å². The quantitative estimate of drug-likeness (QED) is 0.874. The Morgan fingerprint density at radius 2 is 1.74 bits per heavy atom. The molecular formula is C17H28N2. The van der Waals surface area contributed by atoms with Crippen LogP contribution in [0.1, 0.15) is 44.4 Å². The molecule has 0 saturated carbocycles. The average Bonchev–Trinajstić information content (AvgIpc) is 2.49. The van der Waals surface area contributed by atoms with Crippen molar-refractivity contribution < 1.29 is 0 Å². The second kappa shape index (κ2) is 7.06. The number of benzene rings is 1. The van der Waals surface area contributed by atoms with Crippen LogP contribution in [0.3, 0.4) is 0 Å². The number of aryl methyl sites for hydroxylation is 1. The molecule has 1 heterocycles. The summed E-state index contributed by atoms with van der Waals surface area (Å²) >= 11 is 0. The highest BCUT2D eigenvalue weighted by atomic mass is 15.2. The Hall–Kier alpha value is -0.860. The van der Waals surface area contributed by atoms with Gasteiger partial charge in [-0.05, 0) is 23.5 Å². The predicted molar refractivity (Wildman–Crippen MR) is 82.5 cm³/mol. The molecular weight excluding hydrogens is 232 g/mol. The van der Waals surface area contributed by atoms with E-state index in [4.69, 9.17) is 0 Å². The van der Waals surface area contributed by atoms with E-state index in [1.165, 1.54) is 30.6 Å². The molecule has 0 radical (unpaired) electrons. The van der Waals surface area contributed by atoms with Gasteiger partial charge in [0.2, 0.25) is 0 Å². The summed E-state index contributed by atoms with van der Waals surface area (Å²) in [5.74, 6) is 0.713. The third-order valence-electron chi connectivity index (χ3n) is 4.46. The van der Waals surface area contributed by atoms with E-state index in [0.29, 0.717) is 12.0 Å². The fraction of sp³-hybridized carbons (Fsp3) is 0.647. The van der Waals surface area contributed by atoms with E-state index < -0.39 is 0 Å². The van der Waals surface area contributed by atoms with Crippen LogP contribution in [0.2, 0.25) is 0 Å². The summed E-state index contributed by atoms with van der Waals surface area (Å²) < 4.78 is 0. The maximum atomic E-state index is 3.45. The molecule has 0 spiro atoms. The van der Waals surface area contributed by atoms with E-state index in [1.807, 2.05) is 0 Å². The van der Waals surface area contributed by atoms with Gasteiger partial charge in [0.05, 0.1) is 0 Å². The largest absolute Gasteiger partial charge is 0.314 e. The van der Waals surface area contributed by atoms with E-state index in [-0.39, 0.29) is 0 Å². The van der Waals surface area contributed by atoms with Crippen LogP contribution >= 0.6 is 0 Å². The van der Waals surface area contributed by atoms with Crippen LogP contribution in [-0.2, 0) is 6.42 Å². The lowest BCUT2D eigenvalue weighted by Gasteiger charge is -2.38. The van der Waals surface area contributed by atoms with Crippen molar-refractivity contribution in [2.24, 2.45) is 5.92 Å². The highest BCUT2D eigenvalue weighted by Gasteiger charge is 2.26. The highest BCUT2D eigenvalue weighted by Crippen LogP contribution is 2.31. The highest BCUT2D eigenvalue weighted by molar-refractivity contribution is 5.25. The SMILES string of the molecule is CCc1ccc([C@H](C(C)CC)N2CCNCC2)cc1. The molecule has 1 unspecified atom stereocenters. The van der Waals surface area contributed by atoms with Gasteiger partial charge in [-0.1, -0.05) is 51.5 Å². The summed E-state index contributed by atoms with van der Waals surface area (Å²) in [4.78, 5) is 2.66. The summed E-state index contributed by atoms with van der Waals surface area (Å²) in [6.07, 6.45) is 2.37. The number of nitrogens with zero attached hydrogens (tertiary/aromatic N) is 1. The van der Waals surface area contributed by atoms with Gasteiger partial charge in [-0.15, -0.1) is 0 Å². The van der Waals surface area contributed by atoms with Gasteiger partial charge in [0.25, 0.3) is 0 Å². The second-order valence-electron chi connectivity index (χ2n) is 5.71. The monoisotopic (exact) mass is 260 g/mol. The van der Waals surface area contributed by atoms with E-state index in [0.717, 1.165) is 19.5 Å². The molecule has 0 aliphatic carbocycles. The van der Waals surface area contributed by atoms with Crippen molar-refractivity contribution in [1.82, 2.24) is 10.2 Å². The lowest BCUT2D eigenvalue weighted by molar-refractivity contribution is 0.128. The minimum Gasteiger partial charge on any atom is -0.314 e. The van der Waals surface area contributed by atoms with Crippen LogP contribution in [0.4, 0.5) is 0 Å². The van der Waals surface area contributed by atoms with Crippen molar-refractivity contribution in [3.05, 3.63) is 35.4 Å². The molecule has 19 heavy (non-hydrogen) atoms. The van der Waals surface area contributed by atoms with E-state index >= 15 is 0 Å². The molecule has 1 aromatic rings. The van der Waals surface area contributed by atoms with E-state index in [2.05, 4.69) is 55.3 Å². The molecule has 0 aromatic heterocycles. The van der Waals surface area contributed by atoms with Gasteiger partial charge < -0.3 is 5.32 Å². The minimum absolute atomic E-state index is 0.581. The van der Waals surface area contributed by atoms with Crippen molar-refractivity contribution in [2.75, 3.05) is 26.2 Å². The molecule has 2 rings (SSSR count). The lowest BCUT2D eigenvalue weighted by atomic mass is 9.90. The molecule has 1 aliphatic heterocycles. The molecule has 1 N–H and O–H groups in total. The summed E-state index contributed by atoms with van der Waals surface area (Å²) in [6.45, 7) is 11.5. The van der Waals surface area contributed by atoms with Crippen LogP contribution in [0.25, 0.3) is 0 Å². The van der Waals surface area contributed by atoms with Crippen molar-refractivity contribution in [3.63, 3.8) is 0 Å². The molecule has 2 heteroatoms. The Labute approximate surface area is 118 Å². The lowest BCUT2D eigenvalue weighted by Crippen LogP contribution is -2.46. The molecule has 0 amide bonds. The van der Waals surface area contributed by atoms with Gasteiger partial charge in [-0.25, -0.2) is 0 Å². The van der Waals surface area contributed by atoms with E-state index in [1.54, 1.807) is 0 Å². The standard InChI is InChI=1S/C17H28N2/c1-4-14(3)17(19-12-10-18-11-13-19)16-8-6-15(5-2)7-9-16/h6-9,14,17-18H,4-5,10-13H2,1-3H3/t14?,17-/m0/s1. The van der Waals surface area contributed by atoms with Gasteiger partial charge in [-0.3, -0.25) is 4.90 Å². The summed E-state index contributed by atoms with van der Waals surface area (Å²) in [6, 6.07) is 9.87. The molecule has 1 saturated heterocycles. The Bertz CT molecular complexity index is 365. The Balaban J connectivity index is 2.19. The normalized spacial score (nSPS) is 20.2. The summed E-state index contributed by atoms with van der Waals surface area (Å²) in [7, 11) is 0. The van der Waals surface area contributed by atoms with Crippen molar-refractivity contribution >= 4 is 0 Å². The molecule has 0 bridgehead atoms. The van der Waals surface area contributed by atoms with Gasteiger partial charge in [0.1, 0.15) is 0 Å². The fourth-order valence-electron chi connectivity index (χ4n) is 3.03. The van der Waals surface area contributed by atoms with Crippen LogP contribution in [-0.4, -0.2) is 31.1 Å². The number of nitrogens with one attached hydrogen (secondary N) is 1. The topological polar surface area (TPSA) is 15.3 Å².